The molecule has 1 amide bonds. The lowest BCUT2D eigenvalue weighted by Crippen LogP contribution is -2.40. The van der Waals surface area contributed by atoms with E-state index >= 15 is 0 Å². The average molecular weight is 453 g/mol. The number of amides is 1. The first-order valence-corrected chi connectivity index (χ1v) is 10.7. The van der Waals surface area contributed by atoms with Crippen molar-refractivity contribution in [1.29, 1.82) is 0 Å². The molecule has 1 aliphatic heterocycles. The van der Waals surface area contributed by atoms with E-state index < -0.39 is 39.9 Å². The number of sulfonamides is 1. The van der Waals surface area contributed by atoms with Crippen LogP contribution in [0.4, 0.5) is 14.5 Å². The van der Waals surface area contributed by atoms with Crippen molar-refractivity contribution in [2.24, 2.45) is 0 Å². The molecule has 12 heteroatoms. The van der Waals surface area contributed by atoms with Gasteiger partial charge in [0.15, 0.2) is 17.2 Å². The molecule has 2 aromatic carbocycles. The van der Waals surface area contributed by atoms with Crippen LogP contribution in [0.3, 0.4) is 0 Å². The van der Waals surface area contributed by atoms with Crippen molar-refractivity contribution in [3.05, 3.63) is 58.6 Å². The summed E-state index contributed by atoms with van der Waals surface area (Å²) < 4.78 is 64.4. The van der Waals surface area contributed by atoms with Crippen molar-refractivity contribution in [1.82, 2.24) is 8.87 Å². The van der Waals surface area contributed by atoms with Gasteiger partial charge in [0.25, 0.3) is 0 Å². The second kappa shape index (κ2) is 8.21. The molecule has 1 N–H and O–H groups in total. The van der Waals surface area contributed by atoms with Gasteiger partial charge in [-0.15, -0.1) is 0 Å². The molecule has 0 spiro atoms. The Morgan fingerprint density at radius 2 is 1.81 bits per heavy atom. The Labute approximate surface area is 174 Å². The Bertz CT molecular complexity index is 1310. The first-order chi connectivity index (χ1) is 14.8. The van der Waals surface area contributed by atoms with Crippen LogP contribution >= 0.6 is 0 Å². The molecule has 4 rings (SSSR count). The number of fused-ring (bicyclic) bond motifs is 1. The predicted molar refractivity (Wildman–Crippen MR) is 105 cm³/mol. The van der Waals surface area contributed by atoms with Crippen LogP contribution in [0.25, 0.3) is 11.1 Å². The number of ether oxygens (including phenoxy) is 1. The summed E-state index contributed by atoms with van der Waals surface area (Å²) in [4.78, 5) is 24.4. The van der Waals surface area contributed by atoms with Crippen molar-refractivity contribution < 1.29 is 31.1 Å². The number of nitrogens with one attached hydrogen (secondary N) is 1. The van der Waals surface area contributed by atoms with E-state index in [1.807, 2.05) is 0 Å². The number of hydrogen-bond donors (Lipinski definition) is 1. The fourth-order valence-corrected chi connectivity index (χ4v) is 4.63. The average Bonchev–Trinajstić information content (AvgIpc) is 3.05. The zero-order chi connectivity index (χ0) is 22.2. The summed E-state index contributed by atoms with van der Waals surface area (Å²) in [5.74, 6) is -3.73. The number of nitrogens with zero attached hydrogens (tertiary/aromatic N) is 2. The first kappa shape index (κ1) is 21.2. The lowest BCUT2D eigenvalue weighted by atomic mass is 10.3. The molecule has 31 heavy (non-hydrogen) atoms. The number of benzene rings is 2. The van der Waals surface area contributed by atoms with Crippen LogP contribution in [0, 0.1) is 11.6 Å². The number of oxazole rings is 1. The maximum absolute atomic E-state index is 13.3. The van der Waals surface area contributed by atoms with Gasteiger partial charge in [0.2, 0.25) is 15.9 Å². The molecule has 0 radical (unpaired) electrons. The smallest absolute Gasteiger partial charge is 0.408 e. The maximum atomic E-state index is 13.3. The van der Waals surface area contributed by atoms with E-state index in [1.165, 1.54) is 28.6 Å². The number of aromatic nitrogens is 1. The number of hydrogen-bond acceptors (Lipinski definition) is 6. The second-order valence-electron chi connectivity index (χ2n) is 6.78. The van der Waals surface area contributed by atoms with E-state index in [2.05, 4.69) is 5.32 Å². The number of carbonyl (C=O) groups excluding carboxylic acids is 1. The molecule has 1 saturated heterocycles. The lowest BCUT2D eigenvalue weighted by molar-refractivity contribution is -0.116. The number of carbonyl (C=O) groups is 1. The standard InChI is InChI=1S/C19H17F2N3O6S/c20-14-3-1-12(9-15(14)21)22-18(25)11-24-16-4-2-13(10-17(16)30-19(24)26)31(27,28)23-5-7-29-8-6-23/h1-4,9-10H,5-8,11H2,(H,22,25). The van der Waals surface area contributed by atoms with Gasteiger partial charge < -0.3 is 14.5 Å². The van der Waals surface area contributed by atoms with Gasteiger partial charge in [0.1, 0.15) is 6.54 Å². The third-order valence-electron chi connectivity index (χ3n) is 4.75. The van der Waals surface area contributed by atoms with Crippen molar-refractivity contribution in [2.45, 2.75) is 11.4 Å². The van der Waals surface area contributed by atoms with Gasteiger partial charge in [0.05, 0.1) is 23.6 Å². The van der Waals surface area contributed by atoms with Gasteiger partial charge in [0, 0.05) is 30.9 Å². The van der Waals surface area contributed by atoms with Gasteiger partial charge >= 0.3 is 5.76 Å². The molecule has 9 nitrogen and oxygen atoms in total. The van der Waals surface area contributed by atoms with Crippen molar-refractivity contribution in [2.75, 3.05) is 31.6 Å². The largest absolute Gasteiger partial charge is 0.420 e. The Morgan fingerprint density at radius 3 is 2.52 bits per heavy atom. The van der Waals surface area contributed by atoms with Crippen molar-refractivity contribution in [3.8, 4) is 0 Å². The summed E-state index contributed by atoms with van der Waals surface area (Å²) in [6.45, 7) is 0.547. The maximum Gasteiger partial charge on any atom is 0.420 e. The Balaban J connectivity index is 1.58. The second-order valence-corrected chi connectivity index (χ2v) is 8.72. The topological polar surface area (TPSA) is 111 Å². The van der Waals surface area contributed by atoms with E-state index in [1.54, 1.807) is 0 Å². The molecule has 0 atom stereocenters. The number of anilines is 1. The SMILES string of the molecule is O=C(Cn1c(=O)oc2cc(S(=O)(=O)N3CCOCC3)ccc21)Nc1ccc(F)c(F)c1. The van der Waals surface area contributed by atoms with Gasteiger partial charge in [-0.3, -0.25) is 9.36 Å². The number of rotatable bonds is 5. The monoisotopic (exact) mass is 453 g/mol. The molecular weight excluding hydrogens is 436 g/mol. The Hall–Kier alpha value is -3.09. The highest BCUT2D eigenvalue weighted by Gasteiger charge is 2.27. The molecule has 1 aliphatic rings. The predicted octanol–water partition coefficient (Wildman–Crippen LogP) is 1.53. The molecule has 3 aromatic rings. The van der Waals surface area contributed by atoms with Crippen LogP contribution in [0.1, 0.15) is 0 Å². The molecule has 164 valence electrons. The highest BCUT2D eigenvalue weighted by molar-refractivity contribution is 7.89. The number of halogens is 2. The highest BCUT2D eigenvalue weighted by atomic mass is 32.2. The molecule has 1 aromatic heterocycles. The zero-order valence-corrected chi connectivity index (χ0v) is 16.8. The summed E-state index contributed by atoms with van der Waals surface area (Å²) in [5.41, 5.74) is 0.231. The summed E-state index contributed by atoms with van der Waals surface area (Å²) >= 11 is 0. The van der Waals surface area contributed by atoms with E-state index in [4.69, 9.17) is 9.15 Å². The van der Waals surface area contributed by atoms with Crippen molar-refractivity contribution >= 4 is 32.7 Å². The van der Waals surface area contributed by atoms with Gasteiger partial charge in [-0.05, 0) is 24.3 Å². The molecule has 1 fully saturated rings. The molecule has 0 unspecified atom stereocenters. The van der Waals surface area contributed by atoms with Crippen molar-refractivity contribution in [3.63, 3.8) is 0 Å². The lowest BCUT2D eigenvalue weighted by Gasteiger charge is -2.25. The zero-order valence-electron chi connectivity index (χ0n) is 16.0. The van der Waals surface area contributed by atoms with Crippen LogP contribution in [0.2, 0.25) is 0 Å². The molecular formula is C19H17F2N3O6S. The summed E-state index contributed by atoms with van der Waals surface area (Å²) in [5, 5.41) is 2.36. The molecule has 2 heterocycles. The Morgan fingerprint density at radius 1 is 1.06 bits per heavy atom. The quantitative estimate of drug-likeness (QED) is 0.627. The van der Waals surface area contributed by atoms with Crippen LogP contribution in [-0.2, 0) is 26.1 Å². The third kappa shape index (κ3) is 4.22. The summed E-state index contributed by atoms with van der Waals surface area (Å²) in [6, 6.07) is 6.78. The molecule has 0 aliphatic carbocycles. The van der Waals surface area contributed by atoms with Crippen LogP contribution in [0.15, 0.2) is 50.5 Å². The van der Waals surface area contributed by atoms with Crippen LogP contribution in [0.5, 0.6) is 0 Å². The third-order valence-corrected chi connectivity index (χ3v) is 6.65. The Kier molecular flexibility index (Phi) is 5.60. The van der Waals surface area contributed by atoms with E-state index in [9.17, 15) is 26.8 Å². The molecule has 0 saturated carbocycles. The van der Waals surface area contributed by atoms with Gasteiger partial charge in [-0.25, -0.2) is 22.0 Å². The van der Waals surface area contributed by atoms with Crippen LogP contribution in [-0.4, -0.2) is 49.5 Å². The molecule has 0 bridgehead atoms. The minimum absolute atomic E-state index is 0.0000360. The first-order valence-electron chi connectivity index (χ1n) is 9.22. The van der Waals surface area contributed by atoms with E-state index in [-0.39, 0.29) is 34.8 Å². The minimum atomic E-state index is -3.79. The number of morpholine rings is 1. The van der Waals surface area contributed by atoms with Crippen LogP contribution < -0.4 is 11.1 Å². The normalized spacial score (nSPS) is 15.3. The fourth-order valence-electron chi connectivity index (χ4n) is 3.21. The highest BCUT2D eigenvalue weighted by Crippen LogP contribution is 2.22. The van der Waals surface area contributed by atoms with Gasteiger partial charge in [-0.2, -0.15) is 4.31 Å². The van der Waals surface area contributed by atoms with E-state index in [0.29, 0.717) is 13.2 Å². The minimum Gasteiger partial charge on any atom is -0.408 e. The van der Waals surface area contributed by atoms with Gasteiger partial charge in [-0.1, -0.05) is 0 Å². The fraction of sp³-hybridized carbons (Fsp3) is 0.263. The summed E-state index contributed by atoms with van der Waals surface area (Å²) in [7, 11) is -3.79. The van der Waals surface area contributed by atoms with E-state index in [0.717, 1.165) is 16.7 Å². The summed E-state index contributed by atoms with van der Waals surface area (Å²) in [6.07, 6.45) is 0.